The number of nitrogens with one attached hydrogen (secondary N) is 2. The van der Waals surface area contributed by atoms with E-state index in [1.807, 2.05) is 4.72 Å². The molecule has 2 aromatic rings. The highest BCUT2D eigenvalue weighted by molar-refractivity contribution is 7.92. The van der Waals surface area contributed by atoms with Crippen LogP contribution in [0.5, 0.6) is 0 Å². The lowest BCUT2D eigenvalue weighted by Gasteiger charge is -2.11. The Morgan fingerprint density at radius 3 is 2.67 bits per heavy atom. The summed E-state index contributed by atoms with van der Waals surface area (Å²) in [4.78, 5) is -0.315. The van der Waals surface area contributed by atoms with E-state index in [9.17, 15) is 17.2 Å². The summed E-state index contributed by atoms with van der Waals surface area (Å²) in [6.07, 6.45) is 0. The molecular formula is C11H10ClF2N3O3S. The minimum Gasteiger partial charge on any atom is -0.390 e. The van der Waals surface area contributed by atoms with E-state index in [0.717, 1.165) is 6.07 Å². The molecule has 1 aromatic carbocycles. The fourth-order valence-electron chi connectivity index (χ4n) is 1.76. The van der Waals surface area contributed by atoms with Crippen LogP contribution in [-0.2, 0) is 16.6 Å². The number of aromatic nitrogens is 2. The highest BCUT2D eigenvalue weighted by Crippen LogP contribution is 2.29. The van der Waals surface area contributed by atoms with E-state index < -0.39 is 39.0 Å². The molecule has 0 atom stereocenters. The second-order valence-electron chi connectivity index (χ2n) is 4.13. The highest BCUT2D eigenvalue weighted by Gasteiger charge is 2.26. The first-order valence-electron chi connectivity index (χ1n) is 5.58. The third kappa shape index (κ3) is 2.99. The number of sulfonamides is 1. The smallest absolute Gasteiger partial charge is 0.265 e. The first kappa shape index (κ1) is 15.7. The molecule has 10 heteroatoms. The molecule has 0 unspecified atom stereocenters. The Kier molecular flexibility index (Phi) is 4.17. The average molecular weight is 338 g/mol. The van der Waals surface area contributed by atoms with Gasteiger partial charge in [0.2, 0.25) is 0 Å². The lowest BCUT2D eigenvalue weighted by molar-refractivity contribution is 0.273. The number of aliphatic hydroxyl groups is 1. The van der Waals surface area contributed by atoms with E-state index in [2.05, 4.69) is 10.2 Å². The van der Waals surface area contributed by atoms with Gasteiger partial charge in [0.1, 0.15) is 22.1 Å². The second-order valence-corrected chi connectivity index (χ2v) is 6.16. The van der Waals surface area contributed by atoms with Crippen LogP contribution in [0.3, 0.4) is 0 Å². The lowest BCUT2D eigenvalue weighted by atomic mass is 10.3. The van der Waals surface area contributed by atoms with Crippen LogP contribution < -0.4 is 4.72 Å². The molecule has 0 saturated carbocycles. The molecule has 0 amide bonds. The molecule has 114 valence electrons. The molecule has 6 nitrogen and oxygen atoms in total. The van der Waals surface area contributed by atoms with Crippen molar-refractivity contribution < 1.29 is 22.3 Å². The second kappa shape index (κ2) is 5.58. The molecule has 0 radical (unpaired) electrons. The SMILES string of the molecule is Cc1[nH]nc(CO)c1S(=O)(=O)Nc1c(F)cc(F)cc1Cl. The number of rotatable bonds is 4. The van der Waals surface area contributed by atoms with Crippen molar-refractivity contribution in [1.82, 2.24) is 10.2 Å². The maximum absolute atomic E-state index is 13.6. The van der Waals surface area contributed by atoms with Crippen molar-refractivity contribution in [2.75, 3.05) is 4.72 Å². The number of aryl methyl sites for hydroxylation is 1. The van der Waals surface area contributed by atoms with Crippen molar-refractivity contribution in [3.63, 3.8) is 0 Å². The summed E-state index contributed by atoms with van der Waals surface area (Å²) in [5.41, 5.74) is -0.550. The zero-order chi connectivity index (χ0) is 15.8. The van der Waals surface area contributed by atoms with Crippen LogP contribution in [0.25, 0.3) is 0 Å². The maximum Gasteiger partial charge on any atom is 0.265 e. The summed E-state index contributed by atoms with van der Waals surface area (Å²) >= 11 is 5.64. The fraction of sp³-hybridized carbons (Fsp3) is 0.182. The predicted molar refractivity (Wildman–Crippen MR) is 71.4 cm³/mol. The van der Waals surface area contributed by atoms with Gasteiger partial charge in [-0.15, -0.1) is 0 Å². The van der Waals surface area contributed by atoms with Gasteiger partial charge in [-0.1, -0.05) is 11.6 Å². The van der Waals surface area contributed by atoms with Gasteiger partial charge >= 0.3 is 0 Å². The summed E-state index contributed by atoms with van der Waals surface area (Å²) in [6.45, 7) is 0.795. The molecular weight excluding hydrogens is 328 g/mol. The predicted octanol–water partition coefficient (Wildman–Crippen LogP) is 1.94. The van der Waals surface area contributed by atoms with E-state index in [1.165, 1.54) is 6.92 Å². The number of hydrogen-bond donors (Lipinski definition) is 3. The topological polar surface area (TPSA) is 95.1 Å². The highest BCUT2D eigenvalue weighted by atomic mass is 35.5. The standard InChI is InChI=1S/C11H10ClF2N3O3S/c1-5-11(9(4-18)16-15-5)21(19,20)17-10-7(12)2-6(13)3-8(10)14/h2-3,17-18H,4H2,1H3,(H,15,16). The number of halogens is 3. The van der Waals surface area contributed by atoms with Gasteiger partial charge in [-0.2, -0.15) is 5.10 Å². The van der Waals surface area contributed by atoms with Crippen LogP contribution >= 0.6 is 11.6 Å². The van der Waals surface area contributed by atoms with E-state index in [-0.39, 0.29) is 16.3 Å². The molecule has 0 fully saturated rings. The number of aliphatic hydroxyl groups excluding tert-OH is 1. The molecule has 3 N–H and O–H groups in total. The van der Waals surface area contributed by atoms with Gasteiger partial charge in [-0.05, 0) is 13.0 Å². The van der Waals surface area contributed by atoms with Gasteiger partial charge in [0.15, 0.2) is 5.82 Å². The number of benzene rings is 1. The number of nitrogens with zero attached hydrogens (tertiary/aromatic N) is 1. The van der Waals surface area contributed by atoms with Crippen LogP contribution in [0.2, 0.25) is 5.02 Å². The van der Waals surface area contributed by atoms with Crippen molar-refractivity contribution in [1.29, 1.82) is 0 Å². The van der Waals surface area contributed by atoms with Crippen molar-refractivity contribution in [2.45, 2.75) is 18.4 Å². The average Bonchev–Trinajstić information content (AvgIpc) is 2.76. The number of H-pyrrole nitrogens is 1. The Morgan fingerprint density at radius 2 is 2.10 bits per heavy atom. The minimum atomic E-state index is -4.25. The van der Waals surface area contributed by atoms with Crippen LogP contribution in [-0.4, -0.2) is 23.7 Å². The number of aromatic amines is 1. The quantitative estimate of drug-likeness (QED) is 0.794. The third-order valence-corrected chi connectivity index (χ3v) is 4.47. The van der Waals surface area contributed by atoms with Crippen molar-refractivity contribution in [3.05, 3.63) is 40.2 Å². The Hall–Kier alpha value is -1.71. The third-order valence-electron chi connectivity index (χ3n) is 2.62. The van der Waals surface area contributed by atoms with Crippen molar-refractivity contribution in [2.24, 2.45) is 0 Å². The van der Waals surface area contributed by atoms with Crippen LogP contribution in [0, 0.1) is 18.6 Å². The van der Waals surface area contributed by atoms with Gasteiger partial charge in [-0.25, -0.2) is 17.2 Å². The lowest BCUT2D eigenvalue weighted by Crippen LogP contribution is -2.16. The molecule has 2 rings (SSSR count). The summed E-state index contributed by atoms with van der Waals surface area (Å²) in [6, 6.07) is 1.27. The Morgan fingerprint density at radius 1 is 1.43 bits per heavy atom. The molecule has 1 aromatic heterocycles. The first-order chi connectivity index (χ1) is 9.76. The Balaban J connectivity index is 2.50. The van der Waals surface area contributed by atoms with Gasteiger partial charge in [-0.3, -0.25) is 9.82 Å². The molecule has 0 aliphatic rings. The zero-order valence-electron chi connectivity index (χ0n) is 10.6. The summed E-state index contributed by atoms with van der Waals surface area (Å²) in [5, 5.41) is 14.7. The maximum atomic E-state index is 13.6. The monoisotopic (exact) mass is 337 g/mol. The molecule has 0 bridgehead atoms. The fourth-order valence-corrected chi connectivity index (χ4v) is 3.50. The van der Waals surface area contributed by atoms with Crippen LogP contribution in [0.4, 0.5) is 14.5 Å². The van der Waals surface area contributed by atoms with E-state index in [1.54, 1.807) is 0 Å². The normalized spacial score (nSPS) is 11.7. The molecule has 1 heterocycles. The van der Waals surface area contributed by atoms with E-state index >= 15 is 0 Å². The largest absolute Gasteiger partial charge is 0.390 e. The number of anilines is 1. The van der Waals surface area contributed by atoms with Gasteiger partial charge < -0.3 is 5.11 Å². The minimum absolute atomic E-state index is 0.126. The van der Waals surface area contributed by atoms with Gasteiger partial charge in [0.05, 0.1) is 17.3 Å². The van der Waals surface area contributed by atoms with E-state index in [0.29, 0.717) is 6.07 Å². The van der Waals surface area contributed by atoms with Gasteiger partial charge in [0, 0.05) is 6.07 Å². The molecule has 0 saturated heterocycles. The summed E-state index contributed by atoms with van der Waals surface area (Å²) in [7, 11) is -4.25. The van der Waals surface area contributed by atoms with Crippen molar-refractivity contribution >= 4 is 27.3 Å². The molecule has 0 aliphatic carbocycles. The Labute approximate surface area is 123 Å². The van der Waals surface area contributed by atoms with Crippen LogP contribution in [0.15, 0.2) is 17.0 Å². The first-order valence-corrected chi connectivity index (χ1v) is 7.44. The zero-order valence-corrected chi connectivity index (χ0v) is 12.2. The molecule has 0 aliphatic heterocycles. The summed E-state index contributed by atoms with van der Waals surface area (Å²) in [5.74, 6) is -2.09. The van der Waals surface area contributed by atoms with Crippen LogP contribution in [0.1, 0.15) is 11.4 Å². The van der Waals surface area contributed by atoms with E-state index in [4.69, 9.17) is 16.7 Å². The Bertz CT molecular complexity index is 769. The van der Waals surface area contributed by atoms with Crippen molar-refractivity contribution in [3.8, 4) is 0 Å². The molecule has 0 spiro atoms. The number of hydrogen-bond acceptors (Lipinski definition) is 4. The van der Waals surface area contributed by atoms with Gasteiger partial charge in [0.25, 0.3) is 10.0 Å². The summed E-state index contributed by atoms with van der Waals surface area (Å²) < 4.78 is 53.0. The molecule has 21 heavy (non-hydrogen) atoms.